The Morgan fingerprint density at radius 3 is 2.36 bits per heavy atom. The van der Waals surface area contributed by atoms with Crippen molar-refractivity contribution in [1.29, 1.82) is 5.26 Å². The normalized spacial score (nSPS) is 17.3. The molecule has 0 aromatic heterocycles. The molecule has 8 nitrogen and oxygen atoms in total. The lowest BCUT2D eigenvalue weighted by atomic mass is 9.67. The predicted octanol–water partition coefficient (Wildman–Crippen LogP) is 6.04. The molecule has 3 rings (SSSR count). The van der Waals surface area contributed by atoms with E-state index >= 15 is 0 Å². The van der Waals surface area contributed by atoms with Gasteiger partial charge in [-0.25, -0.2) is 0 Å². The number of hydrogen-bond donors (Lipinski definition) is 1. The van der Waals surface area contributed by atoms with Gasteiger partial charge in [-0.3, -0.25) is 0 Å². The standard InChI is InChI=1S/C31H44N2O6/c1-7-21(4)31(20-32,24-18-27(36-8-2)29(34-5)30(35-6)28(24)37-9-3)16-12-13-22(33)17-23-19-38-25-14-10-11-15-26(25)39-23/h10-11,14-15,18,21-23H,7-9,12-13,16-17,19,33H2,1-6H3. The number of nitrogens with zero attached hydrogens (tertiary/aromatic N) is 1. The highest BCUT2D eigenvalue weighted by atomic mass is 16.6. The molecule has 2 N–H and O–H groups in total. The lowest BCUT2D eigenvalue weighted by Gasteiger charge is -2.36. The molecule has 4 atom stereocenters. The summed E-state index contributed by atoms with van der Waals surface area (Å²) in [6, 6.07) is 12.2. The van der Waals surface area contributed by atoms with Gasteiger partial charge >= 0.3 is 0 Å². The van der Waals surface area contributed by atoms with Crippen molar-refractivity contribution in [2.45, 2.75) is 77.4 Å². The maximum Gasteiger partial charge on any atom is 0.207 e. The summed E-state index contributed by atoms with van der Waals surface area (Å²) >= 11 is 0. The SMILES string of the molecule is CCOc1cc(C(C#N)(CCCC(N)CC2COc3ccccc3O2)C(C)CC)c(OCC)c(OC)c1OC. The van der Waals surface area contributed by atoms with E-state index in [9.17, 15) is 5.26 Å². The number of benzene rings is 2. The number of para-hydroxylation sites is 2. The Morgan fingerprint density at radius 2 is 1.74 bits per heavy atom. The molecule has 8 heteroatoms. The minimum Gasteiger partial charge on any atom is -0.490 e. The highest BCUT2D eigenvalue weighted by Gasteiger charge is 2.42. The van der Waals surface area contributed by atoms with Crippen LogP contribution >= 0.6 is 0 Å². The number of methoxy groups -OCH3 is 2. The molecule has 0 aliphatic carbocycles. The van der Waals surface area contributed by atoms with Crippen LogP contribution in [0.3, 0.4) is 0 Å². The van der Waals surface area contributed by atoms with E-state index < -0.39 is 5.41 Å². The van der Waals surface area contributed by atoms with Crippen LogP contribution in [-0.4, -0.2) is 46.2 Å². The fraction of sp³-hybridized carbons (Fsp3) is 0.581. The van der Waals surface area contributed by atoms with Gasteiger partial charge in [-0.1, -0.05) is 32.4 Å². The van der Waals surface area contributed by atoms with Gasteiger partial charge in [0, 0.05) is 18.0 Å². The highest BCUT2D eigenvalue weighted by molar-refractivity contribution is 5.65. The van der Waals surface area contributed by atoms with Crippen LogP contribution in [0.1, 0.15) is 65.4 Å². The van der Waals surface area contributed by atoms with E-state index in [1.165, 1.54) is 0 Å². The Labute approximate surface area is 233 Å². The largest absolute Gasteiger partial charge is 0.490 e. The Hall–Kier alpha value is -3.31. The summed E-state index contributed by atoms with van der Waals surface area (Å²) in [6.45, 7) is 9.38. The molecule has 0 bridgehead atoms. The smallest absolute Gasteiger partial charge is 0.207 e. The van der Waals surface area contributed by atoms with Crippen LogP contribution in [0, 0.1) is 17.2 Å². The molecule has 0 spiro atoms. The minimum atomic E-state index is -0.840. The topological polar surface area (TPSA) is 105 Å². The quantitative estimate of drug-likeness (QED) is 0.292. The lowest BCUT2D eigenvalue weighted by Crippen LogP contribution is -2.36. The second-order valence-corrected chi connectivity index (χ2v) is 9.96. The van der Waals surface area contributed by atoms with Crippen molar-refractivity contribution >= 4 is 0 Å². The number of nitrogens with two attached hydrogens (primary N) is 1. The van der Waals surface area contributed by atoms with Crippen LogP contribution in [0.15, 0.2) is 30.3 Å². The average molecular weight is 541 g/mol. The summed E-state index contributed by atoms with van der Waals surface area (Å²) in [7, 11) is 3.15. The number of hydrogen-bond acceptors (Lipinski definition) is 8. The molecule has 0 saturated carbocycles. The molecular formula is C31H44N2O6. The number of fused-ring (bicyclic) bond motifs is 1. The van der Waals surface area contributed by atoms with Gasteiger partial charge in [0.2, 0.25) is 11.5 Å². The van der Waals surface area contributed by atoms with Crippen LogP contribution < -0.4 is 34.2 Å². The highest BCUT2D eigenvalue weighted by Crippen LogP contribution is 2.53. The van der Waals surface area contributed by atoms with Crippen molar-refractivity contribution in [2.24, 2.45) is 11.7 Å². The van der Waals surface area contributed by atoms with Crippen LogP contribution in [0.2, 0.25) is 0 Å². The molecule has 2 aromatic rings. The van der Waals surface area contributed by atoms with Crippen molar-refractivity contribution in [1.82, 2.24) is 0 Å². The molecule has 0 fully saturated rings. The Kier molecular flexibility index (Phi) is 11.0. The third-order valence-electron chi connectivity index (χ3n) is 7.57. The summed E-state index contributed by atoms with van der Waals surface area (Å²) < 4.78 is 35.4. The van der Waals surface area contributed by atoms with Gasteiger partial charge in [0.1, 0.15) is 12.7 Å². The molecule has 1 aliphatic rings. The third-order valence-corrected chi connectivity index (χ3v) is 7.57. The van der Waals surface area contributed by atoms with E-state index in [1.807, 2.05) is 44.2 Å². The van der Waals surface area contributed by atoms with Gasteiger partial charge in [-0.15, -0.1) is 0 Å². The molecule has 2 aromatic carbocycles. The molecular weight excluding hydrogens is 496 g/mol. The number of nitriles is 1. The van der Waals surface area contributed by atoms with Crippen molar-refractivity contribution < 1.29 is 28.4 Å². The van der Waals surface area contributed by atoms with E-state index in [0.29, 0.717) is 55.7 Å². The summed E-state index contributed by atoms with van der Waals surface area (Å²) in [6.07, 6.45) is 3.50. The summed E-state index contributed by atoms with van der Waals surface area (Å²) in [5.74, 6) is 3.51. The molecule has 1 aliphatic heterocycles. The summed E-state index contributed by atoms with van der Waals surface area (Å²) in [4.78, 5) is 0. The van der Waals surface area contributed by atoms with Gasteiger partial charge in [0.15, 0.2) is 23.0 Å². The Balaban J connectivity index is 1.86. The summed E-state index contributed by atoms with van der Waals surface area (Å²) in [5.41, 5.74) is 6.49. The first-order valence-corrected chi connectivity index (χ1v) is 14.0. The second kappa shape index (κ2) is 14.2. The molecule has 4 unspecified atom stereocenters. The van der Waals surface area contributed by atoms with Crippen molar-refractivity contribution in [2.75, 3.05) is 34.0 Å². The first-order chi connectivity index (χ1) is 18.9. The van der Waals surface area contributed by atoms with Gasteiger partial charge in [0.05, 0.1) is 38.9 Å². The molecule has 0 radical (unpaired) electrons. The lowest BCUT2D eigenvalue weighted by molar-refractivity contribution is 0.0788. The second-order valence-electron chi connectivity index (χ2n) is 9.96. The predicted molar refractivity (Wildman–Crippen MR) is 151 cm³/mol. The summed E-state index contributed by atoms with van der Waals surface area (Å²) in [5, 5.41) is 10.8. The number of ether oxygens (including phenoxy) is 6. The van der Waals surface area contributed by atoms with Crippen molar-refractivity contribution in [3.8, 4) is 40.6 Å². The van der Waals surface area contributed by atoms with Gasteiger partial charge in [-0.2, -0.15) is 5.26 Å². The maximum absolute atomic E-state index is 10.8. The molecule has 0 saturated heterocycles. The Bertz CT molecular complexity index is 1120. The fourth-order valence-electron chi connectivity index (χ4n) is 5.36. The molecule has 0 amide bonds. The van der Waals surface area contributed by atoms with Crippen LogP contribution in [0.5, 0.6) is 34.5 Å². The zero-order valence-corrected chi connectivity index (χ0v) is 24.2. The number of rotatable bonds is 15. The first-order valence-electron chi connectivity index (χ1n) is 14.0. The van der Waals surface area contributed by atoms with E-state index in [-0.39, 0.29) is 18.1 Å². The minimum absolute atomic E-state index is 0.0390. The monoisotopic (exact) mass is 540 g/mol. The fourth-order valence-corrected chi connectivity index (χ4v) is 5.36. The van der Waals surface area contributed by atoms with Gasteiger partial charge < -0.3 is 34.2 Å². The van der Waals surface area contributed by atoms with E-state index in [2.05, 4.69) is 19.9 Å². The van der Waals surface area contributed by atoms with Crippen molar-refractivity contribution in [3.63, 3.8) is 0 Å². The average Bonchev–Trinajstić information content (AvgIpc) is 2.95. The molecule has 214 valence electrons. The first kappa shape index (κ1) is 30.2. The van der Waals surface area contributed by atoms with E-state index in [4.69, 9.17) is 34.2 Å². The molecule has 39 heavy (non-hydrogen) atoms. The molecule has 1 heterocycles. The van der Waals surface area contributed by atoms with Crippen LogP contribution in [0.25, 0.3) is 0 Å². The van der Waals surface area contributed by atoms with Gasteiger partial charge in [0.25, 0.3) is 0 Å². The van der Waals surface area contributed by atoms with Crippen LogP contribution in [0.4, 0.5) is 0 Å². The van der Waals surface area contributed by atoms with E-state index in [1.54, 1.807) is 14.2 Å². The van der Waals surface area contributed by atoms with E-state index in [0.717, 1.165) is 36.3 Å². The Morgan fingerprint density at radius 1 is 1.05 bits per heavy atom. The van der Waals surface area contributed by atoms with Crippen molar-refractivity contribution in [3.05, 3.63) is 35.9 Å². The van der Waals surface area contributed by atoms with Gasteiger partial charge in [-0.05, 0) is 57.2 Å². The van der Waals surface area contributed by atoms with Crippen LogP contribution in [-0.2, 0) is 5.41 Å². The zero-order chi connectivity index (χ0) is 28.4. The third kappa shape index (κ3) is 6.65. The maximum atomic E-state index is 10.8. The zero-order valence-electron chi connectivity index (χ0n) is 24.2.